The van der Waals surface area contributed by atoms with Crippen LogP contribution in [-0.4, -0.2) is 15.3 Å². The Hall–Kier alpha value is -3.37. The SMILES string of the molecule is Cc1cc(Sc2ccc(C(C)(c3ccc(O)cc3)c3cc(C)c(O)c(C)c3)cc2)cc(C)c1O. The highest BCUT2D eigenvalue weighted by molar-refractivity contribution is 7.99. The quantitative estimate of drug-likeness (QED) is 0.264. The summed E-state index contributed by atoms with van der Waals surface area (Å²) in [4.78, 5) is 2.20. The lowest BCUT2D eigenvalue weighted by molar-refractivity contribution is 0.465. The molecule has 0 saturated heterocycles. The number of aryl methyl sites for hydroxylation is 4. The van der Waals surface area contributed by atoms with Gasteiger partial charge in [-0.15, -0.1) is 0 Å². The van der Waals surface area contributed by atoms with Crippen LogP contribution in [0.25, 0.3) is 0 Å². The van der Waals surface area contributed by atoms with Crippen molar-refractivity contribution < 1.29 is 15.3 Å². The zero-order valence-electron chi connectivity index (χ0n) is 20.2. The molecule has 0 bridgehead atoms. The lowest BCUT2D eigenvalue weighted by Gasteiger charge is -2.33. The van der Waals surface area contributed by atoms with Gasteiger partial charge in [0.15, 0.2) is 0 Å². The molecule has 4 aromatic rings. The largest absolute Gasteiger partial charge is 0.508 e. The number of phenols is 3. The van der Waals surface area contributed by atoms with Crippen LogP contribution in [0.4, 0.5) is 0 Å². The van der Waals surface area contributed by atoms with E-state index >= 15 is 0 Å². The summed E-state index contributed by atoms with van der Waals surface area (Å²) in [7, 11) is 0. The molecule has 0 heterocycles. The van der Waals surface area contributed by atoms with Crippen molar-refractivity contribution in [3.63, 3.8) is 0 Å². The molecule has 3 nitrogen and oxygen atoms in total. The minimum atomic E-state index is -0.480. The van der Waals surface area contributed by atoms with Crippen LogP contribution in [0.2, 0.25) is 0 Å². The van der Waals surface area contributed by atoms with Crippen molar-refractivity contribution in [2.45, 2.75) is 49.8 Å². The first-order valence-electron chi connectivity index (χ1n) is 11.3. The van der Waals surface area contributed by atoms with E-state index in [-0.39, 0.29) is 5.75 Å². The van der Waals surface area contributed by atoms with Crippen molar-refractivity contribution >= 4 is 11.8 Å². The molecule has 0 radical (unpaired) electrons. The molecule has 0 aromatic heterocycles. The van der Waals surface area contributed by atoms with Crippen molar-refractivity contribution in [2.75, 3.05) is 0 Å². The third kappa shape index (κ3) is 4.38. The highest BCUT2D eigenvalue weighted by Gasteiger charge is 2.32. The van der Waals surface area contributed by atoms with Gasteiger partial charge in [0.05, 0.1) is 0 Å². The molecule has 1 atom stereocenters. The predicted molar refractivity (Wildman–Crippen MR) is 139 cm³/mol. The Morgan fingerprint density at radius 2 is 0.941 bits per heavy atom. The van der Waals surface area contributed by atoms with E-state index in [1.807, 2.05) is 64.1 Å². The van der Waals surface area contributed by atoms with Gasteiger partial charge in [-0.1, -0.05) is 48.2 Å². The van der Waals surface area contributed by atoms with Crippen LogP contribution in [-0.2, 0) is 5.41 Å². The van der Waals surface area contributed by atoms with E-state index in [0.717, 1.165) is 48.7 Å². The van der Waals surface area contributed by atoms with Gasteiger partial charge < -0.3 is 15.3 Å². The zero-order chi connectivity index (χ0) is 24.6. The molecular formula is C30H30O3S. The third-order valence-corrected chi connectivity index (χ3v) is 7.62. The summed E-state index contributed by atoms with van der Waals surface area (Å²) in [6, 6.07) is 24.0. The Labute approximate surface area is 205 Å². The number of rotatable bonds is 5. The molecule has 4 aromatic carbocycles. The van der Waals surface area contributed by atoms with Gasteiger partial charge in [-0.05, 0) is 110 Å². The molecule has 0 aliphatic carbocycles. The normalized spacial score (nSPS) is 13.0. The van der Waals surface area contributed by atoms with Gasteiger partial charge in [-0.25, -0.2) is 0 Å². The molecule has 4 heteroatoms. The van der Waals surface area contributed by atoms with Crippen molar-refractivity contribution in [3.05, 3.63) is 112 Å². The highest BCUT2D eigenvalue weighted by atomic mass is 32.2. The molecule has 3 N–H and O–H groups in total. The summed E-state index contributed by atoms with van der Waals surface area (Å²) < 4.78 is 0. The molecule has 174 valence electrons. The second kappa shape index (κ2) is 9.11. The summed E-state index contributed by atoms with van der Waals surface area (Å²) in [5.41, 5.74) is 6.19. The van der Waals surface area contributed by atoms with E-state index in [4.69, 9.17) is 0 Å². The van der Waals surface area contributed by atoms with E-state index in [9.17, 15) is 15.3 Å². The first-order chi connectivity index (χ1) is 16.1. The number of benzene rings is 4. The molecule has 0 saturated carbocycles. The van der Waals surface area contributed by atoms with Gasteiger partial charge in [0.2, 0.25) is 0 Å². The van der Waals surface area contributed by atoms with E-state index in [1.165, 1.54) is 0 Å². The molecule has 0 aliphatic heterocycles. The first kappa shape index (κ1) is 23.8. The summed E-state index contributed by atoms with van der Waals surface area (Å²) in [5, 5.41) is 30.3. The standard InChI is InChI=1S/C30H30O3S/c1-18-14-24(15-19(2)28(18)32)30(5,22-6-10-25(31)11-7-22)23-8-12-26(13-9-23)34-27-16-20(3)29(33)21(4)17-27/h6-17,31-33H,1-5H3. The summed E-state index contributed by atoms with van der Waals surface area (Å²) in [6.45, 7) is 9.86. The highest BCUT2D eigenvalue weighted by Crippen LogP contribution is 2.42. The maximum Gasteiger partial charge on any atom is 0.121 e. The lowest BCUT2D eigenvalue weighted by atomic mass is 9.70. The van der Waals surface area contributed by atoms with Gasteiger partial charge in [0.25, 0.3) is 0 Å². The number of hydrogen-bond acceptors (Lipinski definition) is 4. The van der Waals surface area contributed by atoms with Crippen molar-refractivity contribution in [1.29, 1.82) is 0 Å². The summed E-state index contributed by atoms with van der Waals surface area (Å²) in [5.74, 6) is 0.905. The van der Waals surface area contributed by atoms with Gasteiger partial charge in [0, 0.05) is 15.2 Å². The fourth-order valence-electron chi connectivity index (χ4n) is 4.51. The molecule has 0 fully saturated rings. The second-order valence-corrected chi connectivity index (χ2v) is 10.3. The Kier molecular flexibility index (Phi) is 6.37. The van der Waals surface area contributed by atoms with Crippen molar-refractivity contribution in [1.82, 2.24) is 0 Å². The molecule has 0 amide bonds. The summed E-state index contributed by atoms with van der Waals surface area (Å²) in [6.07, 6.45) is 0. The van der Waals surface area contributed by atoms with Crippen LogP contribution in [0.15, 0.2) is 82.6 Å². The second-order valence-electron chi connectivity index (χ2n) is 9.16. The van der Waals surface area contributed by atoms with Crippen LogP contribution in [0.1, 0.15) is 45.9 Å². The van der Waals surface area contributed by atoms with Crippen molar-refractivity contribution in [3.8, 4) is 17.2 Å². The first-order valence-corrected chi connectivity index (χ1v) is 12.1. The van der Waals surface area contributed by atoms with Gasteiger partial charge in [-0.2, -0.15) is 0 Å². The van der Waals surface area contributed by atoms with Crippen LogP contribution in [0.5, 0.6) is 17.2 Å². The molecule has 4 rings (SSSR count). The Morgan fingerprint density at radius 1 is 0.529 bits per heavy atom. The van der Waals surface area contributed by atoms with E-state index in [0.29, 0.717) is 11.5 Å². The minimum Gasteiger partial charge on any atom is -0.508 e. The fourth-order valence-corrected chi connectivity index (χ4v) is 5.52. The average molecular weight is 471 g/mol. The maximum atomic E-state index is 10.4. The van der Waals surface area contributed by atoms with Crippen LogP contribution < -0.4 is 0 Å². The maximum absolute atomic E-state index is 10.4. The average Bonchev–Trinajstić information content (AvgIpc) is 2.81. The lowest BCUT2D eigenvalue weighted by Crippen LogP contribution is -2.25. The molecule has 0 spiro atoms. The third-order valence-electron chi connectivity index (χ3n) is 6.65. The minimum absolute atomic E-state index is 0.232. The molecule has 0 aliphatic rings. The van der Waals surface area contributed by atoms with Gasteiger partial charge in [-0.3, -0.25) is 0 Å². The van der Waals surface area contributed by atoms with Gasteiger partial charge in [0.1, 0.15) is 17.2 Å². The summed E-state index contributed by atoms with van der Waals surface area (Å²) >= 11 is 1.67. The number of phenolic OH excluding ortho intramolecular Hbond substituents is 3. The van der Waals surface area contributed by atoms with Crippen molar-refractivity contribution in [2.24, 2.45) is 0 Å². The zero-order valence-corrected chi connectivity index (χ0v) is 21.0. The fraction of sp³-hybridized carbons (Fsp3) is 0.200. The number of aromatic hydroxyl groups is 3. The van der Waals surface area contributed by atoms with Crippen LogP contribution in [0.3, 0.4) is 0 Å². The molecule has 34 heavy (non-hydrogen) atoms. The smallest absolute Gasteiger partial charge is 0.121 e. The molecular weight excluding hydrogens is 440 g/mol. The molecule has 1 unspecified atom stereocenters. The monoisotopic (exact) mass is 470 g/mol. The Morgan fingerprint density at radius 3 is 1.41 bits per heavy atom. The van der Waals surface area contributed by atoms with Crippen LogP contribution >= 0.6 is 11.8 Å². The van der Waals surface area contributed by atoms with E-state index in [1.54, 1.807) is 23.9 Å². The van der Waals surface area contributed by atoms with Gasteiger partial charge >= 0.3 is 0 Å². The van der Waals surface area contributed by atoms with E-state index in [2.05, 4.69) is 31.2 Å². The predicted octanol–water partition coefficient (Wildman–Crippen LogP) is 7.54. The Balaban J connectivity index is 1.77. The topological polar surface area (TPSA) is 60.7 Å². The van der Waals surface area contributed by atoms with E-state index < -0.39 is 5.41 Å². The number of hydrogen-bond donors (Lipinski definition) is 3. The van der Waals surface area contributed by atoms with Crippen LogP contribution in [0, 0.1) is 27.7 Å². The Bertz CT molecular complexity index is 1290.